The summed E-state index contributed by atoms with van der Waals surface area (Å²) in [5.41, 5.74) is 2.05. The Bertz CT molecular complexity index is 674. The number of aromatic nitrogens is 1. The van der Waals surface area contributed by atoms with Crippen LogP contribution in [-0.4, -0.2) is 23.8 Å². The highest BCUT2D eigenvalue weighted by Crippen LogP contribution is 2.25. The summed E-state index contributed by atoms with van der Waals surface area (Å²) in [5, 5.41) is 3.34. The molecule has 1 heterocycles. The van der Waals surface area contributed by atoms with E-state index in [0.29, 0.717) is 16.4 Å². The summed E-state index contributed by atoms with van der Waals surface area (Å²) in [6.45, 7) is 5.33. The molecule has 0 saturated carbocycles. The van der Waals surface area contributed by atoms with Crippen LogP contribution in [0.1, 0.15) is 27.9 Å². The molecule has 2 aromatic rings. The van der Waals surface area contributed by atoms with E-state index >= 15 is 0 Å². The van der Waals surface area contributed by atoms with E-state index in [1.807, 2.05) is 13.8 Å². The molecule has 0 aliphatic heterocycles. The van der Waals surface area contributed by atoms with Crippen molar-refractivity contribution in [3.8, 4) is 0 Å². The number of nitrogens with one attached hydrogen (secondary N) is 1. The second-order valence-corrected chi connectivity index (χ2v) is 5.95. The summed E-state index contributed by atoms with van der Waals surface area (Å²) >= 11 is 1.48. The molecule has 0 fully saturated rings. The third-order valence-corrected chi connectivity index (χ3v) is 4.19. The Morgan fingerprint density at radius 1 is 1.29 bits per heavy atom. The molecule has 0 unspecified atom stereocenters. The van der Waals surface area contributed by atoms with Gasteiger partial charge in [-0.1, -0.05) is 6.07 Å². The van der Waals surface area contributed by atoms with Crippen LogP contribution in [-0.2, 0) is 4.79 Å². The minimum Gasteiger partial charge on any atom is -0.326 e. The molecule has 0 radical (unpaired) electrons. The molecular weight excluding hydrogens is 286 g/mol. The predicted octanol–water partition coefficient (Wildman–Crippen LogP) is 2.99. The van der Waals surface area contributed by atoms with E-state index in [4.69, 9.17) is 0 Å². The zero-order valence-corrected chi connectivity index (χ0v) is 13.2. The molecule has 21 heavy (non-hydrogen) atoms. The molecule has 5 nitrogen and oxygen atoms in total. The summed E-state index contributed by atoms with van der Waals surface area (Å²) in [6, 6.07) is 6.87. The van der Waals surface area contributed by atoms with Crippen LogP contribution in [0, 0.1) is 13.8 Å². The molecule has 0 bridgehead atoms. The van der Waals surface area contributed by atoms with Gasteiger partial charge >= 0.3 is 0 Å². The standard InChI is InChI=1S/C15H17N3O2S/c1-9-10(2)21-15(16-9)18(4)14(20)12-6-5-7-13(8-12)17-11(3)19/h5-8H,1-4H3,(H,17,19). The van der Waals surface area contributed by atoms with Crippen LogP contribution in [0.15, 0.2) is 24.3 Å². The lowest BCUT2D eigenvalue weighted by Gasteiger charge is -2.14. The van der Waals surface area contributed by atoms with E-state index in [0.717, 1.165) is 10.6 Å². The van der Waals surface area contributed by atoms with Gasteiger partial charge in [-0.2, -0.15) is 0 Å². The number of nitrogens with zero attached hydrogens (tertiary/aromatic N) is 2. The quantitative estimate of drug-likeness (QED) is 0.948. The van der Waals surface area contributed by atoms with Gasteiger partial charge in [0.2, 0.25) is 5.91 Å². The molecule has 1 aromatic carbocycles. The fraction of sp³-hybridized carbons (Fsp3) is 0.267. The van der Waals surface area contributed by atoms with Gasteiger partial charge in [-0.25, -0.2) is 4.98 Å². The van der Waals surface area contributed by atoms with Crippen molar-refractivity contribution in [3.63, 3.8) is 0 Å². The number of rotatable bonds is 3. The minimum absolute atomic E-state index is 0.157. The Balaban J connectivity index is 2.24. The van der Waals surface area contributed by atoms with Crippen LogP contribution in [0.25, 0.3) is 0 Å². The topological polar surface area (TPSA) is 62.3 Å². The van der Waals surface area contributed by atoms with E-state index in [1.54, 1.807) is 31.3 Å². The number of aryl methyl sites for hydroxylation is 2. The van der Waals surface area contributed by atoms with Gasteiger partial charge < -0.3 is 5.32 Å². The first-order chi connectivity index (χ1) is 9.88. The molecule has 6 heteroatoms. The van der Waals surface area contributed by atoms with E-state index in [1.165, 1.54) is 23.2 Å². The number of carbonyl (C=O) groups excluding carboxylic acids is 2. The number of anilines is 2. The Morgan fingerprint density at radius 3 is 2.57 bits per heavy atom. The van der Waals surface area contributed by atoms with Gasteiger partial charge in [-0.3, -0.25) is 14.5 Å². The van der Waals surface area contributed by atoms with Crippen molar-refractivity contribution >= 4 is 34.0 Å². The molecule has 110 valence electrons. The molecule has 2 amide bonds. The van der Waals surface area contributed by atoms with E-state index in [9.17, 15) is 9.59 Å². The molecular formula is C15H17N3O2S. The van der Waals surface area contributed by atoms with Crippen molar-refractivity contribution in [2.75, 3.05) is 17.3 Å². The van der Waals surface area contributed by atoms with Crippen LogP contribution in [0.5, 0.6) is 0 Å². The van der Waals surface area contributed by atoms with Gasteiger partial charge in [0.1, 0.15) is 0 Å². The second-order valence-electron chi connectivity index (χ2n) is 4.76. The smallest absolute Gasteiger partial charge is 0.259 e. The number of hydrogen-bond acceptors (Lipinski definition) is 4. The number of benzene rings is 1. The van der Waals surface area contributed by atoms with Crippen molar-refractivity contribution in [2.45, 2.75) is 20.8 Å². The van der Waals surface area contributed by atoms with Gasteiger partial charge in [0.25, 0.3) is 5.91 Å². The third-order valence-electron chi connectivity index (χ3n) is 3.04. The van der Waals surface area contributed by atoms with Gasteiger partial charge in [0.15, 0.2) is 5.13 Å². The molecule has 0 spiro atoms. The molecule has 0 aliphatic rings. The van der Waals surface area contributed by atoms with Crippen LogP contribution in [0.2, 0.25) is 0 Å². The van der Waals surface area contributed by atoms with Crippen molar-refractivity contribution in [1.29, 1.82) is 0 Å². The van der Waals surface area contributed by atoms with Crippen molar-refractivity contribution in [3.05, 3.63) is 40.4 Å². The summed E-state index contributed by atoms with van der Waals surface area (Å²) in [4.78, 5) is 30.6. The lowest BCUT2D eigenvalue weighted by Crippen LogP contribution is -2.26. The molecule has 1 N–H and O–H groups in total. The van der Waals surface area contributed by atoms with Gasteiger partial charge in [-0.05, 0) is 32.0 Å². The zero-order chi connectivity index (χ0) is 15.6. The maximum Gasteiger partial charge on any atom is 0.259 e. The predicted molar refractivity (Wildman–Crippen MR) is 85.1 cm³/mol. The minimum atomic E-state index is -0.167. The third kappa shape index (κ3) is 3.46. The van der Waals surface area contributed by atoms with Crippen molar-refractivity contribution in [2.24, 2.45) is 0 Å². The Labute approximate surface area is 127 Å². The van der Waals surface area contributed by atoms with Gasteiger partial charge in [0.05, 0.1) is 5.69 Å². The molecule has 2 rings (SSSR count). The number of hydrogen-bond donors (Lipinski definition) is 1. The van der Waals surface area contributed by atoms with E-state index in [2.05, 4.69) is 10.3 Å². The highest BCUT2D eigenvalue weighted by atomic mass is 32.1. The Hall–Kier alpha value is -2.21. The van der Waals surface area contributed by atoms with Crippen LogP contribution in [0.4, 0.5) is 10.8 Å². The number of thiazole rings is 1. The van der Waals surface area contributed by atoms with E-state index < -0.39 is 0 Å². The monoisotopic (exact) mass is 303 g/mol. The maximum atomic E-state index is 12.5. The van der Waals surface area contributed by atoms with Crippen LogP contribution >= 0.6 is 11.3 Å². The lowest BCUT2D eigenvalue weighted by atomic mass is 10.2. The Morgan fingerprint density at radius 2 is 2.00 bits per heavy atom. The van der Waals surface area contributed by atoms with Crippen molar-refractivity contribution < 1.29 is 9.59 Å². The lowest BCUT2D eigenvalue weighted by molar-refractivity contribution is -0.114. The van der Waals surface area contributed by atoms with Crippen LogP contribution in [0.3, 0.4) is 0 Å². The maximum absolute atomic E-state index is 12.5. The first-order valence-electron chi connectivity index (χ1n) is 6.48. The first kappa shape index (κ1) is 15.2. The van der Waals surface area contributed by atoms with Gasteiger partial charge in [0, 0.05) is 30.1 Å². The average molecular weight is 303 g/mol. The average Bonchev–Trinajstić information content (AvgIpc) is 2.76. The first-order valence-corrected chi connectivity index (χ1v) is 7.30. The molecule has 1 aromatic heterocycles. The fourth-order valence-electron chi connectivity index (χ4n) is 1.81. The Kier molecular flexibility index (Phi) is 4.37. The fourth-order valence-corrected chi connectivity index (χ4v) is 2.68. The normalized spacial score (nSPS) is 10.3. The summed E-state index contributed by atoms with van der Waals surface area (Å²) < 4.78 is 0. The van der Waals surface area contributed by atoms with Crippen LogP contribution < -0.4 is 10.2 Å². The second kappa shape index (κ2) is 6.05. The highest BCUT2D eigenvalue weighted by molar-refractivity contribution is 7.15. The summed E-state index contributed by atoms with van der Waals surface area (Å²) in [6.07, 6.45) is 0. The van der Waals surface area contributed by atoms with Crippen molar-refractivity contribution in [1.82, 2.24) is 4.98 Å². The molecule has 0 aliphatic carbocycles. The van der Waals surface area contributed by atoms with E-state index in [-0.39, 0.29) is 11.8 Å². The molecule has 0 atom stereocenters. The van der Waals surface area contributed by atoms with Gasteiger partial charge in [-0.15, -0.1) is 11.3 Å². The number of carbonyl (C=O) groups is 2. The highest BCUT2D eigenvalue weighted by Gasteiger charge is 2.17. The summed E-state index contributed by atoms with van der Waals surface area (Å²) in [7, 11) is 1.70. The zero-order valence-electron chi connectivity index (χ0n) is 12.4. The largest absolute Gasteiger partial charge is 0.326 e. The summed E-state index contributed by atoms with van der Waals surface area (Å²) in [5.74, 6) is -0.324. The SMILES string of the molecule is CC(=O)Nc1cccc(C(=O)N(C)c2nc(C)c(C)s2)c1. The number of amides is 2. The molecule has 0 saturated heterocycles.